The van der Waals surface area contributed by atoms with E-state index in [1.807, 2.05) is 0 Å². The van der Waals surface area contributed by atoms with Crippen molar-refractivity contribution < 1.29 is 59.2 Å². The van der Waals surface area contributed by atoms with Crippen molar-refractivity contribution in [3.05, 3.63) is 51.1 Å². The van der Waals surface area contributed by atoms with Crippen molar-refractivity contribution in [1.82, 2.24) is 0 Å². The first-order chi connectivity index (χ1) is 18.8. The Balaban J connectivity index is 1.70. The van der Waals surface area contributed by atoms with Crippen LogP contribution >= 0.6 is 0 Å². The van der Waals surface area contributed by atoms with Gasteiger partial charge >= 0.3 is 0 Å². The molecule has 8 atom stereocenters. The van der Waals surface area contributed by atoms with Gasteiger partial charge in [-0.3, -0.25) is 9.59 Å². The number of aromatic hydroxyl groups is 2. The summed E-state index contributed by atoms with van der Waals surface area (Å²) in [4.78, 5) is 27.4. The van der Waals surface area contributed by atoms with Gasteiger partial charge < -0.3 is 49.6 Å². The molecule has 0 saturated carbocycles. The van der Waals surface area contributed by atoms with Gasteiger partial charge in [-0.1, -0.05) is 6.07 Å². The Bertz CT molecular complexity index is 1400. The zero-order valence-electron chi connectivity index (χ0n) is 22.5. The average molecular weight is 561 g/mol. The number of rotatable bonds is 4. The standard InChI is InChI=1S/C28H32O12/c1-9-6-7-11-13(23(9)37-4)20(32)16-15(18(11)30)19(31)12-8-28(3,36)26(35)24(14(12)21(16)33)40-27-22(34)25(38-5)17(29)10(2)39-27/h6-7,10,17,22,24-27,29,31,33-36H,8H2,1-5H3/t10-,17-,22+,24+,25+,26-,27-,28+/m0/s1. The van der Waals surface area contributed by atoms with Crippen LogP contribution in [0.25, 0.3) is 0 Å². The van der Waals surface area contributed by atoms with Crippen molar-refractivity contribution >= 4 is 11.6 Å². The van der Waals surface area contributed by atoms with Gasteiger partial charge in [-0.15, -0.1) is 0 Å². The molecule has 2 aromatic rings. The summed E-state index contributed by atoms with van der Waals surface area (Å²) in [5.74, 6) is -2.80. The Hall–Kier alpha value is -3.10. The van der Waals surface area contributed by atoms with Crippen molar-refractivity contribution in [2.45, 2.75) is 75.7 Å². The molecule has 0 aromatic heterocycles. The third-order valence-corrected chi connectivity index (χ3v) is 8.15. The molecule has 1 fully saturated rings. The first-order valence-corrected chi connectivity index (χ1v) is 12.7. The lowest BCUT2D eigenvalue weighted by atomic mass is 9.72. The second-order valence-electron chi connectivity index (χ2n) is 10.8. The average Bonchev–Trinajstić information content (AvgIpc) is 2.90. The first kappa shape index (κ1) is 28.4. The van der Waals surface area contributed by atoms with Crippen LogP contribution in [0.15, 0.2) is 12.1 Å². The van der Waals surface area contributed by atoms with Crippen molar-refractivity contribution in [2.75, 3.05) is 14.2 Å². The fraction of sp³-hybridized carbons (Fsp3) is 0.500. The highest BCUT2D eigenvalue weighted by molar-refractivity contribution is 6.31. The van der Waals surface area contributed by atoms with Crippen molar-refractivity contribution in [3.8, 4) is 17.2 Å². The lowest BCUT2D eigenvalue weighted by Gasteiger charge is -2.46. The molecule has 0 bridgehead atoms. The van der Waals surface area contributed by atoms with E-state index in [2.05, 4.69) is 0 Å². The molecule has 1 saturated heterocycles. The molecular formula is C28H32O12. The fourth-order valence-corrected chi connectivity index (χ4v) is 5.97. The summed E-state index contributed by atoms with van der Waals surface area (Å²) >= 11 is 0. The van der Waals surface area contributed by atoms with Crippen LogP contribution in [0.2, 0.25) is 0 Å². The molecule has 6 N–H and O–H groups in total. The smallest absolute Gasteiger partial charge is 0.202 e. The minimum Gasteiger partial charge on any atom is -0.507 e. The number of aliphatic hydroxyl groups is 4. The molecule has 0 amide bonds. The number of benzene rings is 2. The molecule has 2 aliphatic carbocycles. The number of phenolic OH excluding ortho intramolecular Hbond substituents is 2. The van der Waals surface area contributed by atoms with E-state index in [0.29, 0.717) is 5.56 Å². The van der Waals surface area contributed by atoms with E-state index in [1.165, 1.54) is 34.1 Å². The van der Waals surface area contributed by atoms with Gasteiger partial charge in [0.05, 0.1) is 35.5 Å². The predicted octanol–water partition coefficient (Wildman–Crippen LogP) is 0.398. The lowest BCUT2D eigenvalue weighted by Crippen LogP contribution is -2.59. The Kier molecular flexibility index (Phi) is 6.94. The summed E-state index contributed by atoms with van der Waals surface area (Å²) in [6, 6.07) is 3.02. The largest absolute Gasteiger partial charge is 0.507 e. The Morgan fingerprint density at radius 1 is 0.975 bits per heavy atom. The molecule has 2 aromatic carbocycles. The van der Waals surface area contributed by atoms with Crippen LogP contribution in [0.3, 0.4) is 0 Å². The highest BCUT2D eigenvalue weighted by Crippen LogP contribution is 2.52. The summed E-state index contributed by atoms with van der Waals surface area (Å²) in [5, 5.41) is 66.2. The van der Waals surface area contributed by atoms with Crippen LogP contribution < -0.4 is 4.74 Å². The number of carbonyl (C=O) groups excluding carboxylic acids is 2. The maximum atomic E-state index is 13.8. The van der Waals surface area contributed by atoms with E-state index < -0.39 is 89.1 Å². The van der Waals surface area contributed by atoms with Crippen LogP contribution in [-0.4, -0.2) is 98.8 Å². The lowest BCUT2D eigenvalue weighted by molar-refractivity contribution is -0.321. The Morgan fingerprint density at radius 2 is 1.62 bits per heavy atom. The van der Waals surface area contributed by atoms with Gasteiger partial charge in [-0.25, -0.2) is 0 Å². The van der Waals surface area contributed by atoms with Gasteiger partial charge in [0.15, 0.2) is 12.1 Å². The van der Waals surface area contributed by atoms with E-state index in [1.54, 1.807) is 13.0 Å². The second kappa shape index (κ2) is 9.77. The predicted molar refractivity (Wildman–Crippen MR) is 136 cm³/mol. The number of ketones is 2. The molecule has 1 aliphatic heterocycles. The van der Waals surface area contributed by atoms with Crippen LogP contribution in [0.5, 0.6) is 17.2 Å². The van der Waals surface area contributed by atoms with E-state index >= 15 is 0 Å². The number of carbonyl (C=O) groups is 2. The normalized spacial score (nSPS) is 33.3. The molecule has 216 valence electrons. The zero-order chi connectivity index (χ0) is 29.4. The summed E-state index contributed by atoms with van der Waals surface area (Å²) in [7, 11) is 2.61. The maximum Gasteiger partial charge on any atom is 0.202 e. The number of hydrogen-bond donors (Lipinski definition) is 6. The molecule has 3 aliphatic rings. The number of hydrogen-bond acceptors (Lipinski definition) is 12. The topological polar surface area (TPSA) is 192 Å². The van der Waals surface area contributed by atoms with Crippen molar-refractivity contribution in [2.24, 2.45) is 0 Å². The highest BCUT2D eigenvalue weighted by Gasteiger charge is 2.52. The first-order valence-electron chi connectivity index (χ1n) is 12.7. The molecule has 0 radical (unpaired) electrons. The molecule has 0 spiro atoms. The summed E-state index contributed by atoms with van der Waals surface area (Å²) in [6.07, 6.45) is -10.1. The van der Waals surface area contributed by atoms with E-state index in [4.69, 9.17) is 18.9 Å². The third-order valence-electron chi connectivity index (χ3n) is 8.15. The number of aryl methyl sites for hydroxylation is 1. The summed E-state index contributed by atoms with van der Waals surface area (Å²) in [5.41, 5.74) is -2.83. The van der Waals surface area contributed by atoms with Crippen LogP contribution in [0.1, 0.15) is 68.5 Å². The van der Waals surface area contributed by atoms with Gasteiger partial charge in [-0.05, 0) is 32.4 Å². The van der Waals surface area contributed by atoms with E-state index in [9.17, 15) is 40.2 Å². The maximum absolute atomic E-state index is 13.8. The monoisotopic (exact) mass is 560 g/mol. The number of methoxy groups -OCH3 is 2. The third kappa shape index (κ3) is 3.94. The second-order valence-corrected chi connectivity index (χ2v) is 10.8. The van der Waals surface area contributed by atoms with Gasteiger partial charge in [0, 0.05) is 30.2 Å². The molecule has 1 heterocycles. The number of fused-ring (bicyclic) bond motifs is 3. The van der Waals surface area contributed by atoms with Gasteiger partial charge in [0.2, 0.25) is 5.78 Å². The molecule has 0 unspecified atom stereocenters. The zero-order valence-corrected chi connectivity index (χ0v) is 22.5. The minimum absolute atomic E-state index is 0.0260. The molecule has 12 nitrogen and oxygen atoms in total. The van der Waals surface area contributed by atoms with Gasteiger partial charge in [0.25, 0.3) is 0 Å². The number of ether oxygens (including phenoxy) is 4. The van der Waals surface area contributed by atoms with Crippen LogP contribution in [0.4, 0.5) is 0 Å². The number of aliphatic hydroxyl groups excluding tert-OH is 3. The molecular weight excluding hydrogens is 528 g/mol. The Morgan fingerprint density at radius 3 is 2.25 bits per heavy atom. The Labute approximate surface area is 229 Å². The SMILES string of the molecule is COc1c(C)ccc2c1C(=O)c1c(O)c3c(c(O)c1C2=O)C[C@@](C)(O)[C@@H](O)[C@@H]3O[C@@H]1O[C@@H](C)[C@H](O)[C@@H](OC)[C@H]1O. The van der Waals surface area contributed by atoms with E-state index in [0.717, 1.165) is 0 Å². The minimum atomic E-state index is -1.94. The van der Waals surface area contributed by atoms with Crippen molar-refractivity contribution in [3.63, 3.8) is 0 Å². The highest BCUT2D eigenvalue weighted by atomic mass is 16.7. The molecule has 12 heteroatoms. The van der Waals surface area contributed by atoms with Crippen LogP contribution in [-0.2, 0) is 20.6 Å². The number of phenols is 2. The quantitative estimate of drug-likeness (QED) is 0.241. The fourth-order valence-electron chi connectivity index (χ4n) is 5.97. The van der Waals surface area contributed by atoms with E-state index in [-0.39, 0.29) is 28.0 Å². The molecule has 5 rings (SSSR count). The van der Waals surface area contributed by atoms with Crippen LogP contribution in [0, 0.1) is 6.92 Å². The van der Waals surface area contributed by atoms with Gasteiger partial charge in [0.1, 0.15) is 47.8 Å². The van der Waals surface area contributed by atoms with Gasteiger partial charge in [-0.2, -0.15) is 0 Å². The summed E-state index contributed by atoms with van der Waals surface area (Å²) in [6.45, 7) is 4.46. The van der Waals surface area contributed by atoms with Crippen molar-refractivity contribution in [1.29, 1.82) is 0 Å². The molecule has 40 heavy (non-hydrogen) atoms. The summed E-state index contributed by atoms with van der Waals surface area (Å²) < 4.78 is 22.1.